The molecular weight excluding hydrogens is 190 g/mol. The zero-order valence-electron chi connectivity index (χ0n) is 8.34. The lowest BCUT2D eigenvalue weighted by atomic mass is 10.4. The molecule has 0 spiro atoms. The summed E-state index contributed by atoms with van der Waals surface area (Å²) >= 11 is 0. The Morgan fingerprint density at radius 3 is 1.20 bits per heavy atom. The van der Waals surface area contributed by atoms with Gasteiger partial charge in [0.25, 0.3) is 0 Å². The van der Waals surface area contributed by atoms with Crippen molar-refractivity contribution in [1.29, 1.82) is 0 Å². The Labute approximate surface area is 95.4 Å². The molecule has 0 aromatic heterocycles. The third kappa shape index (κ3) is 20.0. The van der Waals surface area contributed by atoms with Crippen LogP contribution in [0, 0.1) is 0 Å². The van der Waals surface area contributed by atoms with Crippen LogP contribution in [0.3, 0.4) is 0 Å². The van der Waals surface area contributed by atoms with E-state index in [0.717, 1.165) is 19.6 Å². The summed E-state index contributed by atoms with van der Waals surface area (Å²) < 4.78 is 0. The van der Waals surface area contributed by atoms with Crippen LogP contribution in [0.25, 0.3) is 0 Å². The number of hydrogen-bond acceptors (Lipinski definition) is 5. The summed E-state index contributed by atoms with van der Waals surface area (Å²) in [5, 5.41) is 3.00. The van der Waals surface area contributed by atoms with Gasteiger partial charge in [0.2, 0.25) is 0 Å². The van der Waals surface area contributed by atoms with E-state index >= 15 is 0 Å². The van der Waals surface area contributed by atoms with E-state index in [0.29, 0.717) is 19.6 Å². The van der Waals surface area contributed by atoms with E-state index in [-0.39, 0.29) is 14.9 Å². The Bertz CT molecular complexity index is 80.8. The Hall–Kier alpha value is -0.200. The maximum atomic E-state index is 5.37. The number of rotatable bonds is 6. The molecule has 5 heteroatoms. The van der Waals surface area contributed by atoms with E-state index in [1.807, 2.05) is 0 Å². The van der Waals surface area contributed by atoms with Crippen molar-refractivity contribution in [2.24, 2.45) is 17.2 Å². The largest absolute Gasteiger partial charge is 0.329 e. The standard InChI is InChI=1S/C6H18N4.C2H5N.2CH4/c7-1-4-10(5-2-8)6-3-9;1-2-3-1;;/h1-9H2;3H,1-2H2;2*1H4. The molecule has 0 saturated carbocycles. The average molecular weight is 221 g/mol. The van der Waals surface area contributed by atoms with Crippen molar-refractivity contribution in [3.05, 3.63) is 0 Å². The summed E-state index contributed by atoms with van der Waals surface area (Å²) in [7, 11) is 0. The Morgan fingerprint density at radius 1 is 0.800 bits per heavy atom. The molecule has 0 aromatic rings. The molecule has 1 aliphatic rings. The van der Waals surface area contributed by atoms with E-state index in [4.69, 9.17) is 17.2 Å². The maximum absolute atomic E-state index is 5.37. The molecular formula is C10H31N5. The minimum Gasteiger partial charge on any atom is -0.329 e. The predicted molar refractivity (Wildman–Crippen MR) is 69.9 cm³/mol. The van der Waals surface area contributed by atoms with Crippen LogP contribution in [0.4, 0.5) is 0 Å². The molecule has 0 bridgehead atoms. The summed E-state index contributed by atoms with van der Waals surface area (Å²) in [5.74, 6) is 0. The minimum absolute atomic E-state index is 0. The molecule has 0 radical (unpaired) electrons. The lowest BCUT2D eigenvalue weighted by Crippen LogP contribution is -2.37. The van der Waals surface area contributed by atoms with Crippen LogP contribution in [0.2, 0.25) is 0 Å². The van der Waals surface area contributed by atoms with Crippen LogP contribution < -0.4 is 22.5 Å². The van der Waals surface area contributed by atoms with Gasteiger partial charge >= 0.3 is 0 Å². The van der Waals surface area contributed by atoms with E-state index in [1.165, 1.54) is 13.1 Å². The van der Waals surface area contributed by atoms with E-state index < -0.39 is 0 Å². The highest BCUT2D eigenvalue weighted by Crippen LogP contribution is 1.81. The number of nitrogens with one attached hydrogen (secondary N) is 1. The van der Waals surface area contributed by atoms with E-state index in [2.05, 4.69) is 10.2 Å². The van der Waals surface area contributed by atoms with Gasteiger partial charge in [0.15, 0.2) is 0 Å². The lowest BCUT2D eigenvalue weighted by molar-refractivity contribution is 0.297. The van der Waals surface area contributed by atoms with Crippen molar-refractivity contribution in [3.63, 3.8) is 0 Å². The fraction of sp³-hybridized carbons (Fsp3) is 1.00. The zero-order chi connectivity index (χ0) is 9.94. The van der Waals surface area contributed by atoms with Gasteiger partial charge in [-0.05, 0) is 0 Å². The molecule has 5 nitrogen and oxygen atoms in total. The van der Waals surface area contributed by atoms with Crippen molar-refractivity contribution >= 4 is 0 Å². The summed E-state index contributed by atoms with van der Waals surface area (Å²) in [5.41, 5.74) is 16.1. The van der Waals surface area contributed by atoms with Crippen LogP contribution >= 0.6 is 0 Å². The molecule has 0 atom stereocenters. The fourth-order valence-electron chi connectivity index (χ4n) is 0.883. The second kappa shape index (κ2) is 16.2. The van der Waals surface area contributed by atoms with Crippen molar-refractivity contribution in [1.82, 2.24) is 10.2 Å². The predicted octanol–water partition coefficient (Wildman–Crippen LogP) is -0.974. The summed E-state index contributed by atoms with van der Waals surface area (Å²) in [6.45, 7) is 7.23. The van der Waals surface area contributed by atoms with Crippen molar-refractivity contribution in [3.8, 4) is 0 Å². The first-order valence-corrected chi connectivity index (χ1v) is 4.88. The molecule has 15 heavy (non-hydrogen) atoms. The number of nitrogens with zero attached hydrogens (tertiary/aromatic N) is 1. The molecule has 0 aliphatic carbocycles. The average Bonchev–Trinajstić information content (AvgIpc) is 2.91. The molecule has 0 amide bonds. The quantitative estimate of drug-likeness (QED) is 0.432. The molecule has 96 valence electrons. The van der Waals surface area contributed by atoms with Crippen LogP contribution in [0.1, 0.15) is 14.9 Å². The first kappa shape index (κ1) is 20.2. The van der Waals surface area contributed by atoms with Crippen molar-refractivity contribution < 1.29 is 0 Å². The van der Waals surface area contributed by atoms with Gasteiger partial charge in [-0.1, -0.05) is 14.9 Å². The molecule has 7 N–H and O–H groups in total. The topological polar surface area (TPSA) is 103 Å². The van der Waals surface area contributed by atoms with Crippen LogP contribution in [0.15, 0.2) is 0 Å². The zero-order valence-corrected chi connectivity index (χ0v) is 8.34. The van der Waals surface area contributed by atoms with Gasteiger partial charge in [0.1, 0.15) is 0 Å². The third-order valence-corrected chi connectivity index (χ3v) is 1.59. The summed E-state index contributed by atoms with van der Waals surface area (Å²) in [6, 6.07) is 0. The number of hydrogen-bond donors (Lipinski definition) is 4. The van der Waals surface area contributed by atoms with Crippen molar-refractivity contribution in [2.75, 3.05) is 52.4 Å². The highest BCUT2D eigenvalue weighted by Gasteiger charge is 1.98. The molecule has 0 aromatic carbocycles. The molecule has 1 saturated heterocycles. The highest BCUT2D eigenvalue weighted by molar-refractivity contribution is 4.59. The summed E-state index contributed by atoms with van der Waals surface area (Å²) in [6.07, 6.45) is 0. The Morgan fingerprint density at radius 2 is 1.07 bits per heavy atom. The Kier molecular flexibility index (Phi) is 21.9. The van der Waals surface area contributed by atoms with Gasteiger partial charge in [-0.3, -0.25) is 4.90 Å². The molecule has 1 aliphatic heterocycles. The minimum atomic E-state index is 0. The molecule has 0 unspecified atom stereocenters. The normalized spacial score (nSPS) is 12.0. The van der Waals surface area contributed by atoms with Gasteiger partial charge in [-0.15, -0.1) is 0 Å². The number of nitrogens with two attached hydrogens (primary N) is 3. The van der Waals surface area contributed by atoms with Gasteiger partial charge in [-0.25, -0.2) is 0 Å². The SMILES string of the molecule is C.C.C1CN1.NCCN(CCN)CCN. The first-order chi connectivity index (χ1) is 6.35. The fourth-order valence-corrected chi connectivity index (χ4v) is 0.883. The second-order valence-electron chi connectivity index (χ2n) is 2.96. The Balaban J connectivity index is -0.000000246. The second-order valence-corrected chi connectivity index (χ2v) is 2.96. The van der Waals surface area contributed by atoms with Gasteiger partial charge in [0.05, 0.1) is 0 Å². The maximum Gasteiger partial charge on any atom is 0.0106 e. The summed E-state index contributed by atoms with van der Waals surface area (Å²) in [4.78, 5) is 2.17. The van der Waals surface area contributed by atoms with Gasteiger partial charge in [0, 0.05) is 52.4 Å². The third-order valence-electron chi connectivity index (χ3n) is 1.59. The van der Waals surface area contributed by atoms with E-state index in [9.17, 15) is 0 Å². The molecule has 1 heterocycles. The smallest absolute Gasteiger partial charge is 0.0106 e. The first-order valence-electron chi connectivity index (χ1n) is 4.88. The molecule has 1 rings (SSSR count). The van der Waals surface area contributed by atoms with Crippen molar-refractivity contribution in [2.45, 2.75) is 14.9 Å². The van der Waals surface area contributed by atoms with E-state index in [1.54, 1.807) is 0 Å². The van der Waals surface area contributed by atoms with Crippen LogP contribution in [-0.4, -0.2) is 57.3 Å². The van der Waals surface area contributed by atoms with Crippen LogP contribution in [-0.2, 0) is 0 Å². The van der Waals surface area contributed by atoms with Gasteiger partial charge < -0.3 is 22.5 Å². The highest BCUT2D eigenvalue weighted by atomic mass is 15.1. The van der Waals surface area contributed by atoms with Gasteiger partial charge in [-0.2, -0.15) is 0 Å². The van der Waals surface area contributed by atoms with Crippen LogP contribution in [0.5, 0.6) is 0 Å². The monoisotopic (exact) mass is 221 g/mol. The lowest BCUT2D eigenvalue weighted by Gasteiger charge is -2.18. The molecule has 1 fully saturated rings.